The van der Waals surface area contributed by atoms with Crippen molar-refractivity contribution in [2.45, 2.75) is 12.8 Å². The molecule has 196 valence electrons. The fourth-order valence-electron chi connectivity index (χ4n) is 4.17. The first-order valence-corrected chi connectivity index (χ1v) is 11.3. The predicted molar refractivity (Wildman–Crippen MR) is 130 cm³/mol. The molecule has 9 heteroatoms. The molecule has 39 heavy (non-hydrogen) atoms. The quantitative estimate of drug-likeness (QED) is 0.163. The average Bonchev–Trinajstić information content (AvgIpc) is 2.87. The summed E-state index contributed by atoms with van der Waals surface area (Å²) in [6, 6.07) is 15.8. The van der Waals surface area contributed by atoms with E-state index < -0.39 is 53.0 Å². The maximum absolute atomic E-state index is 15.2. The van der Waals surface area contributed by atoms with Crippen molar-refractivity contribution in [2.75, 3.05) is 0 Å². The Morgan fingerprint density at radius 1 is 0.667 bits per heavy atom. The van der Waals surface area contributed by atoms with Crippen LogP contribution in [0, 0.1) is 40.9 Å². The Morgan fingerprint density at radius 3 is 2.08 bits per heavy atom. The molecular weight excluding hydrogens is 528 g/mol. The molecule has 5 aromatic rings. The van der Waals surface area contributed by atoms with E-state index in [9.17, 15) is 30.7 Å². The van der Waals surface area contributed by atoms with Crippen molar-refractivity contribution in [3.63, 3.8) is 0 Å². The molecular formula is C30H14F8O. The van der Waals surface area contributed by atoms with Gasteiger partial charge in [-0.1, -0.05) is 36.3 Å². The van der Waals surface area contributed by atoms with Crippen LogP contribution in [0.5, 0.6) is 5.75 Å². The molecule has 0 bridgehead atoms. The fourth-order valence-corrected chi connectivity index (χ4v) is 4.17. The normalized spacial score (nSPS) is 11.5. The Morgan fingerprint density at radius 2 is 1.33 bits per heavy atom. The molecule has 0 N–H and O–H groups in total. The van der Waals surface area contributed by atoms with Gasteiger partial charge in [0.15, 0.2) is 0 Å². The standard InChI is InChI=1S/C30H14F8O/c31-25-4-2-1-3-20(25)16-5-7-21-17(11-16)13-27(33)24(29(21)35)15-39-19-6-8-22-18(12-19)14-26(32)23(28(22)34)9-10-30(36,37)38/h1-8,11-14H,15H2. The molecule has 0 amide bonds. The third kappa shape index (κ3) is 5.23. The Hall–Kier alpha value is -4.58. The number of fused-ring (bicyclic) bond motifs is 2. The lowest BCUT2D eigenvalue weighted by Crippen LogP contribution is -2.04. The Bertz CT molecular complexity index is 1810. The lowest BCUT2D eigenvalue weighted by Gasteiger charge is -2.12. The van der Waals surface area contributed by atoms with E-state index in [0.717, 1.165) is 24.1 Å². The second-order valence-corrected chi connectivity index (χ2v) is 8.53. The lowest BCUT2D eigenvalue weighted by molar-refractivity contribution is -0.0696. The topological polar surface area (TPSA) is 9.23 Å². The van der Waals surface area contributed by atoms with E-state index in [1.807, 2.05) is 0 Å². The SMILES string of the molecule is Fc1ccccc1-c1ccc2c(F)c(COc3ccc4c(F)c(C#CC(F)(F)F)c(F)cc4c3)c(F)cc2c1. The highest BCUT2D eigenvalue weighted by Crippen LogP contribution is 2.32. The number of halogens is 8. The van der Waals surface area contributed by atoms with Crippen LogP contribution < -0.4 is 4.74 Å². The monoisotopic (exact) mass is 542 g/mol. The van der Waals surface area contributed by atoms with Crippen molar-refractivity contribution in [1.82, 2.24) is 0 Å². The van der Waals surface area contributed by atoms with Crippen LogP contribution in [-0.2, 0) is 6.61 Å². The summed E-state index contributed by atoms with van der Waals surface area (Å²) in [5.41, 5.74) is -0.730. The third-order valence-electron chi connectivity index (χ3n) is 6.02. The van der Waals surface area contributed by atoms with Gasteiger partial charge in [-0.15, -0.1) is 0 Å². The van der Waals surface area contributed by atoms with E-state index >= 15 is 4.39 Å². The van der Waals surface area contributed by atoms with Crippen molar-refractivity contribution >= 4 is 21.5 Å². The van der Waals surface area contributed by atoms with Gasteiger partial charge in [0.05, 0.1) is 11.1 Å². The van der Waals surface area contributed by atoms with E-state index in [2.05, 4.69) is 0 Å². The van der Waals surface area contributed by atoms with E-state index in [1.54, 1.807) is 12.1 Å². The average molecular weight is 542 g/mol. The molecule has 0 atom stereocenters. The second kappa shape index (κ2) is 9.95. The van der Waals surface area contributed by atoms with E-state index in [0.29, 0.717) is 5.56 Å². The van der Waals surface area contributed by atoms with Gasteiger partial charge in [0, 0.05) is 22.3 Å². The van der Waals surface area contributed by atoms with Crippen molar-refractivity contribution < 1.29 is 39.9 Å². The molecule has 0 aliphatic carbocycles. The minimum Gasteiger partial charge on any atom is -0.489 e. The van der Waals surface area contributed by atoms with Crippen molar-refractivity contribution in [2.24, 2.45) is 0 Å². The van der Waals surface area contributed by atoms with Crippen molar-refractivity contribution in [3.05, 3.63) is 113 Å². The van der Waals surface area contributed by atoms with Crippen molar-refractivity contribution in [1.29, 1.82) is 0 Å². The van der Waals surface area contributed by atoms with Crippen LogP contribution in [-0.4, -0.2) is 6.18 Å². The number of hydrogen-bond acceptors (Lipinski definition) is 1. The van der Waals surface area contributed by atoms with Gasteiger partial charge >= 0.3 is 6.18 Å². The first-order valence-electron chi connectivity index (χ1n) is 11.3. The Balaban J connectivity index is 1.43. The summed E-state index contributed by atoms with van der Waals surface area (Å²) in [4.78, 5) is 0. The zero-order valence-electron chi connectivity index (χ0n) is 19.6. The molecule has 0 spiro atoms. The zero-order valence-corrected chi connectivity index (χ0v) is 19.6. The van der Waals surface area contributed by atoms with Gasteiger partial charge in [0.25, 0.3) is 0 Å². The van der Waals surface area contributed by atoms with Crippen LogP contribution in [0.25, 0.3) is 32.7 Å². The van der Waals surface area contributed by atoms with Gasteiger partial charge in [0.2, 0.25) is 0 Å². The highest BCUT2D eigenvalue weighted by Gasteiger charge is 2.24. The number of alkyl halides is 3. The van der Waals surface area contributed by atoms with Crippen molar-refractivity contribution in [3.8, 4) is 28.7 Å². The molecule has 0 unspecified atom stereocenters. The summed E-state index contributed by atoms with van der Waals surface area (Å²) >= 11 is 0. The fraction of sp³-hybridized carbons (Fsp3) is 0.0667. The number of benzene rings is 5. The Labute approximate surface area is 216 Å². The molecule has 0 fully saturated rings. The molecule has 0 aromatic heterocycles. The van der Waals surface area contributed by atoms with E-state index in [4.69, 9.17) is 4.74 Å². The number of rotatable bonds is 4. The summed E-state index contributed by atoms with van der Waals surface area (Å²) in [6.07, 6.45) is -4.93. The molecule has 0 heterocycles. The highest BCUT2D eigenvalue weighted by atomic mass is 19.4. The summed E-state index contributed by atoms with van der Waals surface area (Å²) in [6.45, 7) is -0.575. The van der Waals surface area contributed by atoms with E-state index in [1.165, 1.54) is 48.4 Å². The summed E-state index contributed by atoms with van der Waals surface area (Å²) < 4.78 is 116. The van der Waals surface area contributed by atoms with Gasteiger partial charge in [-0.25, -0.2) is 22.0 Å². The molecule has 1 nitrogen and oxygen atoms in total. The van der Waals surface area contributed by atoms with Crippen LogP contribution in [0.2, 0.25) is 0 Å². The van der Waals surface area contributed by atoms with Gasteiger partial charge in [0.1, 0.15) is 41.4 Å². The summed E-state index contributed by atoms with van der Waals surface area (Å²) in [7, 11) is 0. The largest absolute Gasteiger partial charge is 0.489 e. The molecule has 0 saturated heterocycles. The number of hydrogen-bond donors (Lipinski definition) is 0. The molecule has 0 aliphatic heterocycles. The van der Waals surface area contributed by atoms with Gasteiger partial charge in [-0.3, -0.25) is 0 Å². The van der Waals surface area contributed by atoms with Gasteiger partial charge in [-0.2, -0.15) is 13.2 Å². The minimum atomic E-state index is -4.93. The minimum absolute atomic E-state index is 0.00391. The molecule has 0 saturated carbocycles. The smallest absolute Gasteiger partial charge is 0.458 e. The third-order valence-corrected chi connectivity index (χ3v) is 6.02. The zero-order chi connectivity index (χ0) is 27.9. The predicted octanol–water partition coefficient (Wildman–Crippen LogP) is 8.85. The Kier molecular flexibility index (Phi) is 6.64. The highest BCUT2D eigenvalue weighted by molar-refractivity contribution is 5.89. The maximum Gasteiger partial charge on any atom is 0.458 e. The van der Waals surface area contributed by atoms with Crippen LogP contribution in [0.1, 0.15) is 11.1 Å². The number of ether oxygens (including phenoxy) is 1. The van der Waals surface area contributed by atoms with E-state index in [-0.39, 0.29) is 32.9 Å². The first kappa shape index (κ1) is 26.0. The molecule has 5 aromatic carbocycles. The summed E-state index contributed by atoms with van der Waals surface area (Å²) in [5, 5.41) is 0.00459. The van der Waals surface area contributed by atoms with Gasteiger partial charge in [-0.05, 0) is 58.8 Å². The lowest BCUT2D eigenvalue weighted by atomic mass is 9.99. The van der Waals surface area contributed by atoms with Crippen LogP contribution >= 0.6 is 0 Å². The summed E-state index contributed by atoms with van der Waals surface area (Å²) in [5.74, 6) is -2.60. The van der Waals surface area contributed by atoms with Crippen LogP contribution in [0.3, 0.4) is 0 Å². The molecule has 0 aliphatic rings. The molecule has 5 rings (SSSR count). The first-order chi connectivity index (χ1) is 18.5. The van der Waals surface area contributed by atoms with Crippen LogP contribution in [0.4, 0.5) is 35.1 Å². The van der Waals surface area contributed by atoms with Crippen LogP contribution in [0.15, 0.2) is 72.8 Å². The molecule has 0 radical (unpaired) electrons. The second-order valence-electron chi connectivity index (χ2n) is 8.53. The maximum atomic E-state index is 15.2. The van der Waals surface area contributed by atoms with Gasteiger partial charge < -0.3 is 4.74 Å².